The van der Waals surface area contributed by atoms with Gasteiger partial charge in [-0.25, -0.2) is 0 Å². The van der Waals surface area contributed by atoms with Crippen LogP contribution in [0, 0.1) is 0 Å². The summed E-state index contributed by atoms with van der Waals surface area (Å²) >= 11 is 0. The van der Waals surface area contributed by atoms with E-state index in [4.69, 9.17) is 5.11 Å². The Labute approximate surface area is 74.5 Å². The number of nitrogens with one attached hydrogen (secondary N) is 2. The SMILES string of the molecule is OCCCNCCCNC1CC1. The molecule has 3 nitrogen and oxygen atoms in total. The molecule has 0 bridgehead atoms. The van der Waals surface area contributed by atoms with Crippen LogP contribution < -0.4 is 10.6 Å². The molecular weight excluding hydrogens is 152 g/mol. The third-order valence-corrected chi connectivity index (χ3v) is 2.05. The Morgan fingerprint density at radius 2 is 1.83 bits per heavy atom. The Hall–Kier alpha value is -0.120. The van der Waals surface area contributed by atoms with Gasteiger partial charge >= 0.3 is 0 Å². The molecule has 1 aliphatic rings. The molecule has 0 spiro atoms. The van der Waals surface area contributed by atoms with Crippen molar-refractivity contribution < 1.29 is 5.11 Å². The molecule has 0 aliphatic heterocycles. The van der Waals surface area contributed by atoms with Gasteiger partial charge in [-0.3, -0.25) is 0 Å². The summed E-state index contributed by atoms with van der Waals surface area (Å²) in [6.07, 6.45) is 4.81. The van der Waals surface area contributed by atoms with Crippen LogP contribution in [0.25, 0.3) is 0 Å². The van der Waals surface area contributed by atoms with Crippen molar-refractivity contribution in [2.24, 2.45) is 0 Å². The van der Waals surface area contributed by atoms with E-state index in [2.05, 4.69) is 10.6 Å². The lowest BCUT2D eigenvalue weighted by atomic mass is 10.4. The molecule has 0 aromatic rings. The van der Waals surface area contributed by atoms with Crippen molar-refractivity contribution in [1.82, 2.24) is 10.6 Å². The van der Waals surface area contributed by atoms with Crippen molar-refractivity contribution in [2.75, 3.05) is 26.2 Å². The second-order valence-corrected chi connectivity index (χ2v) is 3.41. The van der Waals surface area contributed by atoms with Crippen LogP contribution in [0.1, 0.15) is 25.7 Å². The second kappa shape index (κ2) is 6.40. The van der Waals surface area contributed by atoms with Crippen molar-refractivity contribution >= 4 is 0 Å². The molecule has 1 rings (SSSR count). The monoisotopic (exact) mass is 172 g/mol. The van der Waals surface area contributed by atoms with E-state index in [1.54, 1.807) is 0 Å². The van der Waals surface area contributed by atoms with Crippen LogP contribution in [0.4, 0.5) is 0 Å². The van der Waals surface area contributed by atoms with Gasteiger partial charge in [0.15, 0.2) is 0 Å². The summed E-state index contributed by atoms with van der Waals surface area (Å²) in [5.74, 6) is 0. The van der Waals surface area contributed by atoms with Gasteiger partial charge in [0.25, 0.3) is 0 Å². The van der Waals surface area contributed by atoms with Crippen molar-refractivity contribution in [3.05, 3.63) is 0 Å². The summed E-state index contributed by atoms with van der Waals surface area (Å²) in [5.41, 5.74) is 0. The highest BCUT2D eigenvalue weighted by Gasteiger charge is 2.19. The first-order valence-electron chi connectivity index (χ1n) is 4.98. The third kappa shape index (κ3) is 5.52. The zero-order valence-corrected chi connectivity index (χ0v) is 7.68. The van der Waals surface area contributed by atoms with Crippen LogP contribution in [0.2, 0.25) is 0 Å². The predicted octanol–water partition coefficient (Wildman–Crippen LogP) is 0.100. The molecular formula is C9H20N2O. The molecule has 0 radical (unpaired) electrons. The summed E-state index contributed by atoms with van der Waals surface area (Å²) in [7, 11) is 0. The average molecular weight is 172 g/mol. The maximum Gasteiger partial charge on any atom is 0.0443 e. The molecule has 1 fully saturated rings. The van der Waals surface area contributed by atoms with Gasteiger partial charge < -0.3 is 15.7 Å². The van der Waals surface area contributed by atoms with Crippen LogP contribution in [-0.2, 0) is 0 Å². The Balaban J connectivity index is 1.65. The van der Waals surface area contributed by atoms with Crippen LogP contribution in [0.15, 0.2) is 0 Å². The lowest BCUT2D eigenvalue weighted by Crippen LogP contribution is -2.24. The number of aliphatic hydroxyl groups is 1. The summed E-state index contributed by atoms with van der Waals surface area (Å²) in [5, 5.41) is 15.2. The maximum atomic E-state index is 8.50. The standard InChI is InChI=1S/C9H20N2O/c12-8-2-6-10-5-1-7-11-9-3-4-9/h9-12H,1-8H2. The highest BCUT2D eigenvalue weighted by atomic mass is 16.3. The van der Waals surface area contributed by atoms with Crippen LogP contribution in [-0.4, -0.2) is 37.4 Å². The summed E-state index contributed by atoms with van der Waals surface area (Å²) in [4.78, 5) is 0. The molecule has 0 atom stereocenters. The highest BCUT2D eigenvalue weighted by molar-refractivity contribution is 4.80. The first kappa shape index (κ1) is 9.96. The van der Waals surface area contributed by atoms with E-state index in [1.807, 2.05) is 0 Å². The maximum absolute atomic E-state index is 8.50. The van der Waals surface area contributed by atoms with Crippen LogP contribution in [0.3, 0.4) is 0 Å². The number of aliphatic hydroxyl groups excluding tert-OH is 1. The summed E-state index contributed by atoms with van der Waals surface area (Å²) in [6.45, 7) is 3.45. The summed E-state index contributed by atoms with van der Waals surface area (Å²) < 4.78 is 0. The molecule has 0 aromatic heterocycles. The zero-order valence-electron chi connectivity index (χ0n) is 7.68. The van der Waals surface area contributed by atoms with Crippen LogP contribution in [0.5, 0.6) is 0 Å². The fourth-order valence-corrected chi connectivity index (χ4v) is 1.14. The molecule has 0 aromatic carbocycles. The van der Waals surface area contributed by atoms with Crippen molar-refractivity contribution in [1.29, 1.82) is 0 Å². The van der Waals surface area contributed by atoms with E-state index in [0.717, 1.165) is 32.1 Å². The average Bonchev–Trinajstić information content (AvgIpc) is 2.87. The number of rotatable bonds is 8. The minimum absolute atomic E-state index is 0.299. The third-order valence-electron chi connectivity index (χ3n) is 2.05. The number of hydrogen-bond donors (Lipinski definition) is 3. The molecule has 1 saturated carbocycles. The van der Waals surface area contributed by atoms with E-state index >= 15 is 0 Å². The fraction of sp³-hybridized carbons (Fsp3) is 1.00. The topological polar surface area (TPSA) is 44.3 Å². The van der Waals surface area contributed by atoms with Gasteiger partial charge in [-0.15, -0.1) is 0 Å². The van der Waals surface area contributed by atoms with Gasteiger partial charge in [-0.05, 0) is 45.3 Å². The van der Waals surface area contributed by atoms with Gasteiger partial charge in [-0.1, -0.05) is 0 Å². The molecule has 3 heteroatoms. The van der Waals surface area contributed by atoms with Crippen molar-refractivity contribution in [3.63, 3.8) is 0 Å². The lowest BCUT2D eigenvalue weighted by Gasteiger charge is -2.03. The molecule has 0 unspecified atom stereocenters. The van der Waals surface area contributed by atoms with Crippen molar-refractivity contribution in [3.8, 4) is 0 Å². The first-order chi connectivity index (χ1) is 5.93. The second-order valence-electron chi connectivity index (χ2n) is 3.41. The van der Waals surface area contributed by atoms with E-state index in [0.29, 0.717) is 6.61 Å². The molecule has 72 valence electrons. The Kier molecular flexibility index (Phi) is 5.32. The predicted molar refractivity (Wildman–Crippen MR) is 50.2 cm³/mol. The van der Waals surface area contributed by atoms with Gasteiger partial charge in [0.1, 0.15) is 0 Å². The minimum Gasteiger partial charge on any atom is -0.396 e. The van der Waals surface area contributed by atoms with E-state index in [-0.39, 0.29) is 0 Å². The molecule has 1 aliphatic carbocycles. The van der Waals surface area contributed by atoms with E-state index in [1.165, 1.54) is 19.3 Å². The highest BCUT2D eigenvalue weighted by Crippen LogP contribution is 2.17. The van der Waals surface area contributed by atoms with Crippen molar-refractivity contribution in [2.45, 2.75) is 31.7 Å². The van der Waals surface area contributed by atoms with E-state index in [9.17, 15) is 0 Å². The smallest absolute Gasteiger partial charge is 0.0443 e. The Bertz CT molecular complexity index is 105. The van der Waals surface area contributed by atoms with E-state index < -0.39 is 0 Å². The largest absolute Gasteiger partial charge is 0.396 e. The first-order valence-corrected chi connectivity index (χ1v) is 4.98. The lowest BCUT2D eigenvalue weighted by molar-refractivity contribution is 0.286. The molecule has 12 heavy (non-hydrogen) atoms. The van der Waals surface area contributed by atoms with Gasteiger partial charge in [0.05, 0.1) is 0 Å². The molecule has 0 saturated heterocycles. The fourth-order valence-electron chi connectivity index (χ4n) is 1.14. The Morgan fingerprint density at radius 3 is 2.50 bits per heavy atom. The molecule has 0 amide bonds. The molecule has 3 N–H and O–H groups in total. The van der Waals surface area contributed by atoms with Gasteiger partial charge in [0.2, 0.25) is 0 Å². The quantitative estimate of drug-likeness (QED) is 0.455. The van der Waals surface area contributed by atoms with Crippen LogP contribution >= 0.6 is 0 Å². The minimum atomic E-state index is 0.299. The normalized spacial score (nSPS) is 16.8. The summed E-state index contributed by atoms with van der Waals surface area (Å²) in [6, 6.07) is 0.836. The van der Waals surface area contributed by atoms with Gasteiger partial charge in [0, 0.05) is 12.6 Å². The number of hydrogen-bond acceptors (Lipinski definition) is 3. The Morgan fingerprint density at radius 1 is 1.08 bits per heavy atom. The molecule has 0 heterocycles. The van der Waals surface area contributed by atoms with Gasteiger partial charge in [-0.2, -0.15) is 0 Å². The zero-order chi connectivity index (χ0) is 8.65.